The van der Waals surface area contributed by atoms with Crippen LogP contribution < -0.4 is 9.64 Å². The molecule has 1 saturated carbocycles. The molecule has 10 heteroatoms. The molecule has 45 heavy (non-hydrogen) atoms. The predicted molar refractivity (Wildman–Crippen MR) is 166 cm³/mol. The Bertz CT molecular complexity index is 1760. The van der Waals surface area contributed by atoms with Gasteiger partial charge in [-0.25, -0.2) is 8.78 Å². The lowest BCUT2D eigenvalue weighted by molar-refractivity contribution is -0.131. The quantitative estimate of drug-likeness (QED) is 0.326. The molecule has 232 valence electrons. The van der Waals surface area contributed by atoms with E-state index in [1.165, 1.54) is 16.0 Å². The molecule has 8 rings (SSSR count). The highest BCUT2D eigenvalue weighted by Gasteiger charge is 2.47. The molecule has 1 amide bonds. The van der Waals surface area contributed by atoms with Gasteiger partial charge in [-0.15, -0.1) is 0 Å². The fraction of sp³-hybridized carbons (Fsp3) is 0.486. The largest absolute Gasteiger partial charge is 0.461 e. The lowest BCUT2D eigenvalue weighted by Gasteiger charge is -2.41. The van der Waals surface area contributed by atoms with Crippen molar-refractivity contribution in [2.75, 3.05) is 44.2 Å². The number of fused-ring (bicyclic) bond motifs is 5. The van der Waals surface area contributed by atoms with Crippen LogP contribution in [-0.4, -0.2) is 76.6 Å². The number of anilines is 1. The molecular weight excluding hydrogens is 574 g/mol. The summed E-state index contributed by atoms with van der Waals surface area (Å²) in [6.45, 7) is 6.45. The smallest absolute Gasteiger partial charge is 0.319 e. The van der Waals surface area contributed by atoms with E-state index in [1.54, 1.807) is 0 Å². The number of amides is 1. The zero-order chi connectivity index (χ0) is 30.9. The topological polar surface area (TPSA) is 85.6 Å². The Balaban J connectivity index is 1.20. The Morgan fingerprint density at radius 3 is 2.71 bits per heavy atom. The van der Waals surface area contributed by atoms with Crippen LogP contribution in [0.5, 0.6) is 6.01 Å². The van der Waals surface area contributed by atoms with Crippen molar-refractivity contribution < 1.29 is 18.3 Å². The minimum atomic E-state index is -1.05. The third-order valence-corrected chi connectivity index (χ3v) is 10.9. The van der Waals surface area contributed by atoms with E-state index in [0.29, 0.717) is 41.8 Å². The van der Waals surface area contributed by atoms with E-state index in [4.69, 9.17) is 14.7 Å². The Morgan fingerprint density at radius 1 is 1.11 bits per heavy atom. The molecule has 2 aromatic carbocycles. The first-order valence-electron chi connectivity index (χ1n) is 16.1. The number of hydrogen-bond donors (Lipinski definition) is 0. The van der Waals surface area contributed by atoms with Crippen molar-refractivity contribution in [1.29, 1.82) is 5.26 Å². The molecule has 3 saturated heterocycles. The second-order valence-corrected chi connectivity index (χ2v) is 13.4. The number of benzene rings is 2. The molecule has 0 N–H and O–H groups in total. The van der Waals surface area contributed by atoms with Gasteiger partial charge in [0.05, 0.1) is 24.1 Å². The third kappa shape index (κ3) is 4.66. The maximum absolute atomic E-state index is 16.8. The van der Waals surface area contributed by atoms with Crippen molar-refractivity contribution in [3.8, 4) is 23.2 Å². The molecule has 0 unspecified atom stereocenters. The summed E-state index contributed by atoms with van der Waals surface area (Å²) in [4.78, 5) is 27.9. The van der Waals surface area contributed by atoms with Crippen LogP contribution in [0.1, 0.15) is 55.6 Å². The van der Waals surface area contributed by atoms with Crippen molar-refractivity contribution >= 4 is 22.6 Å². The maximum atomic E-state index is 16.8. The number of carbonyl (C=O) groups excluding carboxylic acids is 1. The van der Waals surface area contributed by atoms with Crippen LogP contribution in [-0.2, 0) is 11.2 Å². The lowest BCUT2D eigenvalue weighted by atomic mass is 9.93. The van der Waals surface area contributed by atoms with Crippen LogP contribution >= 0.6 is 0 Å². The van der Waals surface area contributed by atoms with Crippen molar-refractivity contribution in [2.24, 2.45) is 5.92 Å². The zero-order valence-electron chi connectivity index (χ0n) is 25.3. The highest BCUT2D eigenvalue weighted by molar-refractivity contribution is 5.95. The van der Waals surface area contributed by atoms with Gasteiger partial charge in [-0.1, -0.05) is 30.8 Å². The van der Waals surface area contributed by atoms with Gasteiger partial charge in [0, 0.05) is 30.6 Å². The van der Waals surface area contributed by atoms with Gasteiger partial charge in [-0.05, 0) is 86.2 Å². The van der Waals surface area contributed by atoms with E-state index in [1.807, 2.05) is 29.2 Å². The minimum Gasteiger partial charge on any atom is -0.461 e. The van der Waals surface area contributed by atoms with Gasteiger partial charge in [0.15, 0.2) is 11.6 Å². The summed E-state index contributed by atoms with van der Waals surface area (Å²) < 4.78 is 37.0. The molecule has 3 aliphatic heterocycles. The van der Waals surface area contributed by atoms with E-state index in [9.17, 15) is 14.4 Å². The number of carbonyl (C=O) groups is 1. The van der Waals surface area contributed by atoms with Crippen LogP contribution in [0.2, 0.25) is 0 Å². The zero-order valence-corrected chi connectivity index (χ0v) is 25.3. The summed E-state index contributed by atoms with van der Waals surface area (Å²) in [6, 6.07) is 11.5. The highest BCUT2D eigenvalue weighted by atomic mass is 19.1. The summed E-state index contributed by atoms with van der Waals surface area (Å²) in [5.74, 6) is -0.611. The number of ether oxygens (including phenoxy) is 1. The molecule has 4 heterocycles. The van der Waals surface area contributed by atoms with Crippen LogP contribution in [0, 0.1) is 23.1 Å². The molecule has 4 fully saturated rings. The summed E-state index contributed by atoms with van der Waals surface area (Å²) in [6.07, 6.45) is 6.60. The summed E-state index contributed by atoms with van der Waals surface area (Å²) in [5, 5.41) is 10.1. The van der Waals surface area contributed by atoms with Crippen LogP contribution in [0.4, 0.5) is 14.6 Å². The molecule has 0 bridgehead atoms. The molecule has 1 aromatic heterocycles. The van der Waals surface area contributed by atoms with Gasteiger partial charge in [0.2, 0.25) is 0 Å². The Hall–Kier alpha value is -4.10. The third-order valence-electron chi connectivity index (χ3n) is 10.9. The number of aromatic nitrogens is 2. The average molecular weight is 611 g/mol. The van der Waals surface area contributed by atoms with E-state index in [2.05, 4.69) is 23.6 Å². The van der Waals surface area contributed by atoms with Gasteiger partial charge in [0.25, 0.3) is 5.91 Å². The lowest BCUT2D eigenvalue weighted by Crippen LogP contribution is -2.55. The average Bonchev–Trinajstić information content (AvgIpc) is 3.32. The number of halogens is 2. The molecule has 3 atom stereocenters. The second-order valence-electron chi connectivity index (χ2n) is 13.4. The fourth-order valence-electron chi connectivity index (χ4n) is 8.62. The van der Waals surface area contributed by atoms with E-state index >= 15 is 4.39 Å². The predicted octanol–water partition coefficient (Wildman–Crippen LogP) is 5.52. The van der Waals surface area contributed by atoms with Crippen molar-refractivity contribution in [3.63, 3.8) is 0 Å². The summed E-state index contributed by atoms with van der Waals surface area (Å²) in [5.41, 5.74) is 4.18. The molecule has 3 aromatic rings. The number of nitriles is 1. The first-order valence-corrected chi connectivity index (χ1v) is 16.1. The first-order chi connectivity index (χ1) is 21.9. The molecule has 5 aliphatic rings. The summed E-state index contributed by atoms with van der Waals surface area (Å²) >= 11 is 0. The molecule has 2 aliphatic carbocycles. The first kappa shape index (κ1) is 28.4. The molecular formula is C35H36F2N6O2. The number of hydrogen-bond acceptors (Lipinski definition) is 7. The van der Waals surface area contributed by atoms with Crippen molar-refractivity contribution in [1.82, 2.24) is 19.8 Å². The Morgan fingerprint density at radius 2 is 1.93 bits per heavy atom. The van der Waals surface area contributed by atoms with Crippen LogP contribution in [0.25, 0.3) is 22.0 Å². The number of nitrogens with zero attached hydrogens (tertiary/aromatic N) is 6. The Labute approximate surface area is 261 Å². The van der Waals surface area contributed by atoms with E-state index in [-0.39, 0.29) is 36.6 Å². The normalized spacial score (nSPS) is 24.7. The standard InChI is InChI=1S/C35H36F2N6O2/c1-21(36)33(44)43-16-15-41(19-24(43)9-12-38)32-27-8-7-26(25-6-2-5-22-17-23-18-28(23)29(22)25)30(37)31(27)39-34(40-32)45-20-35-10-3-13-42(35)14-4-11-35/h2,5-8,23-24,28H,1,3-4,9-11,13-20H2/t23-,24-,28+/m0/s1. The van der Waals surface area contributed by atoms with Gasteiger partial charge in [-0.3, -0.25) is 9.69 Å². The van der Waals surface area contributed by atoms with Crippen molar-refractivity contribution in [2.45, 2.75) is 62.4 Å². The van der Waals surface area contributed by atoms with Gasteiger partial charge in [0.1, 0.15) is 17.9 Å². The SMILES string of the molecule is C=C(F)C(=O)N1CCN(c2nc(OCC34CCCN3CCC4)nc3c(F)c(-c4cccc5c4[C@@H]4C[C@@H]4C5)ccc23)C[C@@H]1CC#N. The van der Waals surface area contributed by atoms with Crippen LogP contribution in [0.15, 0.2) is 42.7 Å². The Kier molecular flexibility index (Phi) is 6.79. The van der Waals surface area contributed by atoms with Crippen LogP contribution in [0.3, 0.4) is 0 Å². The minimum absolute atomic E-state index is 0.0139. The monoisotopic (exact) mass is 610 g/mol. The number of piperazine rings is 1. The fourth-order valence-corrected chi connectivity index (χ4v) is 8.62. The molecule has 0 spiro atoms. The maximum Gasteiger partial charge on any atom is 0.319 e. The van der Waals surface area contributed by atoms with Gasteiger partial charge >= 0.3 is 6.01 Å². The molecule has 0 radical (unpaired) electrons. The van der Waals surface area contributed by atoms with E-state index in [0.717, 1.165) is 57.2 Å². The molecule has 8 nitrogen and oxygen atoms in total. The van der Waals surface area contributed by atoms with Crippen molar-refractivity contribution in [3.05, 3.63) is 59.7 Å². The summed E-state index contributed by atoms with van der Waals surface area (Å²) in [7, 11) is 0. The van der Waals surface area contributed by atoms with Gasteiger partial charge < -0.3 is 14.5 Å². The number of rotatable bonds is 7. The van der Waals surface area contributed by atoms with Gasteiger partial charge in [-0.2, -0.15) is 15.2 Å². The highest BCUT2D eigenvalue weighted by Crippen LogP contribution is 2.59. The van der Waals surface area contributed by atoms with E-state index < -0.39 is 23.6 Å². The second kappa shape index (κ2) is 10.8.